The van der Waals surface area contributed by atoms with E-state index in [1.54, 1.807) is 7.11 Å². The lowest BCUT2D eigenvalue weighted by Crippen LogP contribution is -2.48. The normalized spacial score (nSPS) is 15.3. The maximum Gasteiger partial charge on any atom is 0.253 e. The van der Waals surface area contributed by atoms with Crippen LogP contribution in [0.2, 0.25) is 0 Å². The third-order valence-corrected chi connectivity index (χ3v) is 5.07. The summed E-state index contributed by atoms with van der Waals surface area (Å²) >= 11 is 0. The molecule has 6 heteroatoms. The highest BCUT2D eigenvalue weighted by Gasteiger charge is 2.22. The molecular formula is C21H24N4O2. The highest BCUT2D eigenvalue weighted by molar-refractivity contribution is 5.94. The molecule has 2 aromatic carbocycles. The average Bonchev–Trinajstić information content (AvgIpc) is 3.10. The summed E-state index contributed by atoms with van der Waals surface area (Å²) in [6, 6.07) is 13.6. The topological polar surface area (TPSA) is 61.5 Å². The van der Waals surface area contributed by atoms with Crippen LogP contribution >= 0.6 is 0 Å². The molecule has 1 amide bonds. The molecule has 27 heavy (non-hydrogen) atoms. The highest BCUT2D eigenvalue weighted by atomic mass is 16.5. The van der Waals surface area contributed by atoms with Gasteiger partial charge in [0, 0.05) is 37.8 Å². The summed E-state index contributed by atoms with van der Waals surface area (Å²) < 4.78 is 5.26. The Morgan fingerprint density at radius 2 is 1.85 bits per heavy atom. The summed E-state index contributed by atoms with van der Waals surface area (Å²) in [5.41, 5.74) is 3.86. The SMILES string of the molecule is COc1ccc2nc(CN3CCN(C(=O)c4ccc(C)cc4)CC3)[nH]c2c1. The molecule has 1 saturated heterocycles. The van der Waals surface area contributed by atoms with Crippen LogP contribution in [-0.2, 0) is 6.54 Å². The number of hydrogen-bond acceptors (Lipinski definition) is 4. The molecule has 140 valence electrons. The number of H-pyrrole nitrogens is 1. The lowest BCUT2D eigenvalue weighted by Gasteiger charge is -2.34. The largest absolute Gasteiger partial charge is 0.497 e. The summed E-state index contributed by atoms with van der Waals surface area (Å²) in [6.07, 6.45) is 0. The van der Waals surface area contributed by atoms with Crippen LogP contribution in [0.4, 0.5) is 0 Å². The van der Waals surface area contributed by atoms with Crippen molar-refractivity contribution >= 4 is 16.9 Å². The number of hydrogen-bond donors (Lipinski definition) is 1. The third kappa shape index (κ3) is 3.80. The first-order chi connectivity index (χ1) is 13.1. The van der Waals surface area contributed by atoms with Crippen molar-refractivity contribution in [2.24, 2.45) is 0 Å². The summed E-state index contributed by atoms with van der Waals surface area (Å²) in [4.78, 5) is 24.9. The van der Waals surface area contributed by atoms with Gasteiger partial charge in [0.2, 0.25) is 0 Å². The number of piperazine rings is 1. The number of amides is 1. The van der Waals surface area contributed by atoms with E-state index in [0.29, 0.717) is 0 Å². The number of rotatable bonds is 4. The van der Waals surface area contributed by atoms with E-state index in [1.807, 2.05) is 54.3 Å². The van der Waals surface area contributed by atoms with E-state index in [0.717, 1.165) is 60.9 Å². The number of aromatic nitrogens is 2. The lowest BCUT2D eigenvalue weighted by atomic mass is 10.1. The molecule has 0 spiro atoms. The zero-order chi connectivity index (χ0) is 18.8. The van der Waals surface area contributed by atoms with Gasteiger partial charge in [-0.1, -0.05) is 17.7 Å². The number of nitrogens with one attached hydrogen (secondary N) is 1. The highest BCUT2D eigenvalue weighted by Crippen LogP contribution is 2.19. The number of nitrogens with zero attached hydrogens (tertiary/aromatic N) is 3. The van der Waals surface area contributed by atoms with Crippen LogP contribution in [0.3, 0.4) is 0 Å². The third-order valence-electron chi connectivity index (χ3n) is 5.07. The van der Waals surface area contributed by atoms with Crippen molar-refractivity contribution in [1.29, 1.82) is 0 Å². The maximum absolute atomic E-state index is 12.6. The number of aryl methyl sites for hydroxylation is 1. The minimum absolute atomic E-state index is 0.116. The van der Waals surface area contributed by atoms with E-state index < -0.39 is 0 Å². The Morgan fingerprint density at radius 1 is 1.11 bits per heavy atom. The Bertz CT molecular complexity index is 940. The van der Waals surface area contributed by atoms with Crippen LogP contribution < -0.4 is 4.74 Å². The molecule has 1 aliphatic heterocycles. The number of imidazole rings is 1. The van der Waals surface area contributed by atoms with Gasteiger partial charge in [0.05, 0.1) is 24.7 Å². The first kappa shape index (κ1) is 17.5. The van der Waals surface area contributed by atoms with Crippen LogP contribution in [-0.4, -0.2) is 59.0 Å². The quantitative estimate of drug-likeness (QED) is 0.773. The van der Waals surface area contributed by atoms with Gasteiger partial charge >= 0.3 is 0 Å². The van der Waals surface area contributed by atoms with Crippen LogP contribution in [0.1, 0.15) is 21.7 Å². The van der Waals surface area contributed by atoms with E-state index in [2.05, 4.69) is 14.9 Å². The first-order valence-corrected chi connectivity index (χ1v) is 9.23. The average molecular weight is 364 g/mol. The minimum Gasteiger partial charge on any atom is -0.497 e. The fraction of sp³-hybridized carbons (Fsp3) is 0.333. The summed E-state index contributed by atoms with van der Waals surface area (Å²) in [6.45, 7) is 5.95. The van der Waals surface area contributed by atoms with Gasteiger partial charge in [0.25, 0.3) is 5.91 Å². The molecule has 0 saturated carbocycles. The zero-order valence-electron chi connectivity index (χ0n) is 15.7. The molecule has 1 aliphatic rings. The molecule has 6 nitrogen and oxygen atoms in total. The summed E-state index contributed by atoms with van der Waals surface area (Å²) in [5.74, 6) is 1.88. The van der Waals surface area contributed by atoms with E-state index in [-0.39, 0.29) is 5.91 Å². The second kappa shape index (κ2) is 7.40. The standard InChI is InChI=1S/C21H24N4O2/c1-15-3-5-16(6-4-15)21(26)25-11-9-24(10-12-25)14-20-22-18-8-7-17(27-2)13-19(18)23-20/h3-8,13H,9-12,14H2,1-2H3,(H,22,23). The Balaban J connectivity index is 1.36. The molecule has 3 aromatic rings. The molecule has 2 heterocycles. The molecule has 1 N–H and O–H groups in total. The smallest absolute Gasteiger partial charge is 0.253 e. The van der Waals surface area contributed by atoms with Gasteiger partial charge in [-0.2, -0.15) is 0 Å². The van der Waals surface area contributed by atoms with Crippen molar-refractivity contribution in [2.75, 3.05) is 33.3 Å². The second-order valence-electron chi connectivity index (χ2n) is 7.00. The summed E-state index contributed by atoms with van der Waals surface area (Å²) in [7, 11) is 1.66. The van der Waals surface area contributed by atoms with E-state index in [9.17, 15) is 4.79 Å². The first-order valence-electron chi connectivity index (χ1n) is 9.23. The van der Waals surface area contributed by atoms with Gasteiger partial charge in [-0.25, -0.2) is 4.98 Å². The monoisotopic (exact) mass is 364 g/mol. The number of fused-ring (bicyclic) bond motifs is 1. The second-order valence-corrected chi connectivity index (χ2v) is 7.00. The van der Waals surface area contributed by atoms with Crippen molar-refractivity contribution in [3.63, 3.8) is 0 Å². The van der Waals surface area contributed by atoms with Gasteiger partial charge in [0.15, 0.2) is 0 Å². The summed E-state index contributed by atoms with van der Waals surface area (Å²) in [5, 5.41) is 0. The number of carbonyl (C=O) groups is 1. The van der Waals surface area contributed by atoms with Gasteiger partial charge in [-0.3, -0.25) is 9.69 Å². The van der Waals surface area contributed by atoms with Crippen LogP contribution in [0.5, 0.6) is 5.75 Å². The number of benzene rings is 2. The van der Waals surface area contributed by atoms with Crippen molar-refractivity contribution in [3.8, 4) is 5.75 Å². The molecule has 1 fully saturated rings. The molecule has 0 radical (unpaired) electrons. The predicted octanol–water partition coefficient (Wildman–Crippen LogP) is 2.84. The molecule has 4 rings (SSSR count). The predicted molar refractivity (Wildman–Crippen MR) is 105 cm³/mol. The van der Waals surface area contributed by atoms with Gasteiger partial charge in [-0.05, 0) is 31.2 Å². The van der Waals surface area contributed by atoms with Gasteiger partial charge in [0.1, 0.15) is 11.6 Å². The van der Waals surface area contributed by atoms with E-state index in [1.165, 1.54) is 5.56 Å². The van der Waals surface area contributed by atoms with Crippen molar-refractivity contribution in [1.82, 2.24) is 19.8 Å². The Hall–Kier alpha value is -2.86. The van der Waals surface area contributed by atoms with E-state index in [4.69, 9.17) is 4.74 Å². The fourth-order valence-corrected chi connectivity index (χ4v) is 3.44. The number of aromatic amines is 1. The molecule has 0 atom stereocenters. The Kier molecular flexibility index (Phi) is 4.81. The van der Waals surface area contributed by atoms with Crippen molar-refractivity contribution < 1.29 is 9.53 Å². The minimum atomic E-state index is 0.116. The van der Waals surface area contributed by atoms with Crippen molar-refractivity contribution in [3.05, 3.63) is 59.4 Å². The van der Waals surface area contributed by atoms with Crippen LogP contribution in [0, 0.1) is 6.92 Å². The van der Waals surface area contributed by atoms with Gasteiger partial charge < -0.3 is 14.6 Å². The number of methoxy groups -OCH3 is 1. The van der Waals surface area contributed by atoms with Crippen LogP contribution in [0.15, 0.2) is 42.5 Å². The molecule has 0 aliphatic carbocycles. The van der Waals surface area contributed by atoms with Gasteiger partial charge in [-0.15, -0.1) is 0 Å². The molecule has 1 aromatic heterocycles. The fourth-order valence-electron chi connectivity index (χ4n) is 3.44. The lowest BCUT2D eigenvalue weighted by molar-refractivity contribution is 0.0626. The maximum atomic E-state index is 12.6. The molecule has 0 unspecified atom stereocenters. The van der Waals surface area contributed by atoms with Crippen LogP contribution in [0.25, 0.3) is 11.0 Å². The number of carbonyl (C=O) groups excluding carboxylic acids is 1. The number of ether oxygens (including phenoxy) is 1. The van der Waals surface area contributed by atoms with Crippen molar-refractivity contribution in [2.45, 2.75) is 13.5 Å². The molecular weight excluding hydrogens is 340 g/mol. The van der Waals surface area contributed by atoms with E-state index >= 15 is 0 Å². The molecule has 0 bridgehead atoms. The Labute approximate surface area is 158 Å². The Morgan fingerprint density at radius 3 is 2.56 bits per heavy atom. The zero-order valence-corrected chi connectivity index (χ0v) is 15.7.